The Labute approximate surface area is 533 Å². The van der Waals surface area contributed by atoms with E-state index in [2.05, 4.69) is 192 Å². The maximum absolute atomic E-state index is 11.7. The van der Waals surface area contributed by atoms with Gasteiger partial charge in [-0.25, -0.2) is 0 Å². The number of aliphatic hydroxyl groups excluding tert-OH is 1. The van der Waals surface area contributed by atoms with Gasteiger partial charge in [-0.1, -0.05) is 217 Å². The molecule has 4 heterocycles. The van der Waals surface area contributed by atoms with Crippen LogP contribution in [0, 0.1) is 45.6 Å². The molecule has 1 N–H and O–H groups in total. The Morgan fingerprint density at radius 3 is 1.52 bits per heavy atom. The van der Waals surface area contributed by atoms with Crippen LogP contribution in [0.5, 0.6) is 11.5 Å². The first-order chi connectivity index (χ1) is 41.1. The van der Waals surface area contributed by atoms with Crippen LogP contribution in [0.15, 0.2) is 143 Å². The number of hydrogen-bond acceptors (Lipinski definition) is 6. The predicted molar refractivity (Wildman–Crippen MR) is 363 cm³/mol. The molecule has 0 unspecified atom stereocenters. The average molecular weight is 1340 g/mol. The molecule has 86 heavy (non-hydrogen) atoms. The number of aromatic nitrogens is 2. The fourth-order valence-electron chi connectivity index (χ4n) is 12.8. The maximum atomic E-state index is 11.7. The normalized spacial score (nSPS) is 13.4. The van der Waals surface area contributed by atoms with Gasteiger partial charge in [-0.05, 0) is 151 Å². The summed E-state index contributed by atoms with van der Waals surface area (Å²) < 4.78 is 24.1. The van der Waals surface area contributed by atoms with Gasteiger partial charge in [-0.2, -0.15) is 0 Å². The maximum Gasteiger partial charge on any atom is 0.162 e. The Kier molecular flexibility index (Phi) is 18.1. The average Bonchev–Trinajstić information content (AvgIpc) is 0.780. The summed E-state index contributed by atoms with van der Waals surface area (Å²) in [5, 5.41) is 23.5. The van der Waals surface area contributed by atoms with Crippen molar-refractivity contribution in [3.8, 4) is 34.0 Å². The van der Waals surface area contributed by atoms with Gasteiger partial charge in [0, 0.05) is 72.0 Å². The van der Waals surface area contributed by atoms with Crippen LogP contribution in [0.25, 0.3) is 87.1 Å². The second-order valence-electron chi connectivity index (χ2n) is 28.7. The number of ether oxygens (including phenoxy) is 1. The van der Waals surface area contributed by atoms with E-state index in [9.17, 15) is 9.90 Å². The summed E-state index contributed by atoms with van der Waals surface area (Å²) in [7, 11) is 0. The number of rotatable bonds is 11. The van der Waals surface area contributed by atoms with Crippen LogP contribution in [-0.4, -0.2) is 20.9 Å². The number of carbonyl (C=O) groups excluding carboxylic acids is 1. The van der Waals surface area contributed by atoms with Gasteiger partial charge in [0.2, 0.25) is 0 Å². The summed E-state index contributed by atoms with van der Waals surface area (Å²) in [6.07, 6.45) is 9.30. The topological polar surface area (TPSA) is 72.3 Å². The quantitative estimate of drug-likeness (QED) is 0.0602. The first-order valence-electron chi connectivity index (χ1n) is 32.0. The van der Waals surface area contributed by atoms with Crippen LogP contribution in [-0.2, 0) is 50.6 Å². The second kappa shape index (κ2) is 25.4. The number of nitrogens with zero attached hydrogens (tertiary/aromatic N) is 2. The third kappa shape index (κ3) is 13.5. The first-order valence-corrected chi connectivity index (χ1v) is 31.9. The zero-order valence-corrected chi connectivity index (χ0v) is 56.9. The van der Waals surface area contributed by atoms with Crippen LogP contribution < -0.4 is 4.74 Å². The Bertz CT molecular complexity index is 4080. The minimum absolute atomic E-state index is 0. The summed E-state index contributed by atoms with van der Waals surface area (Å²) >= 11 is 1.87. The molecule has 7 heteroatoms. The van der Waals surface area contributed by atoms with Gasteiger partial charge in [0.25, 0.3) is 0 Å². The molecule has 0 saturated carbocycles. The second-order valence-corrected chi connectivity index (χ2v) is 29.7. The summed E-state index contributed by atoms with van der Waals surface area (Å²) in [4.78, 5) is 23.8. The van der Waals surface area contributed by atoms with E-state index in [0.29, 0.717) is 6.17 Å². The van der Waals surface area contributed by atoms with E-state index in [0.717, 1.165) is 123 Å². The van der Waals surface area contributed by atoms with Crippen molar-refractivity contribution in [3.05, 3.63) is 168 Å². The SMILES string of the molecule is CCC(CC)C(=O)/C=C(\O)C(CC)CC.[2H]c1cc2c3c(cc4c(CC(C)(C)C)cccc42)Oc2c([c-]c4ccccc4c2CC(C)(C)C)-c3n1.[2H]c1cc2c3c(cc4c(CC(C)(C)C)cccc42)Sc2c([c-]c4ccccc4c2CC(C)(C)C)-c3n1.[Ir]. The molecule has 449 valence electrons. The van der Waals surface area contributed by atoms with Gasteiger partial charge in [0.1, 0.15) is 5.75 Å². The van der Waals surface area contributed by atoms with Crippen LogP contribution >= 0.6 is 11.8 Å². The molecule has 8 aromatic carbocycles. The summed E-state index contributed by atoms with van der Waals surface area (Å²) in [6, 6.07) is 45.9. The minimum Gasteiger partial charge on any atom is -0.512 e. The Hall–Kier alpha value is -6.37. The van der Waals surface area contributed by atoms with Crippen molar-refractivity contribution in [1.29, 1.82) is 0 Å². The van der Waals surface area contributed by atoms with Crippen molar-refractivity contribution < 1.29 is 37.5 Å². The number of hydrogen-bond donors (Lipinski definition) is 1. The standard InChI is InChI=1S/C33H32NO.C33H32NS.C13H24O2.Ir/c2*1-32(2,3)18-21-11-9-13-23-24-14-15-34-30-26-16-20-10-7-8-12-22(20)27(19-33(4,5)6)31(26)35-28(29(24)30)17-25(21)23;1-5-10(6-2)12(14)9-13(15)11(7-3)8-4;/h2*7-15,17H,18-19H2,1-6H3;9-11,14H,5-8H2,1-4H3;/q2*-1;;/b;;12-9-;/i2*15D;;. The van der Waals surface area contributed by atoms with Crippen molar-refractivity contribution in [2.24, 2.45) is 33.5 Å². The molecule has 0 aliphatic carbocycles. The molecule has 5 nitrogen and oxygen atoms in total. The molecule has 0 saturated heterocycles. The number of aliphatic hydroxyl groups is 1. The molecule has 0 bridgehead atoms. The van der Waals surface area contributed by atoms with Gasteiger partial charge in [-0.3, -0.25) is 14.8 Å². The van der Waals surface area contributed by atoms with Crippen LogP contribution in [0.4, 0.5) is 0 Å². The molecule has 2 aliphatic heterocycles. The van der Waals surface area contributed by atoms with Gasteiger partial charge in [0.05, 0.1) is 14.3 Å². The van der Waals surface area contributed by atoms with Gasteiger partial charge in [0.15, 0.2) is 5.78 Å². The molecule has 0 amide bonds. The third-order valence-corrected chi connectivity index (χ3v) is 17.9. The number of carbonyl (C=O) groups is 1. The molecule has 1 radical (unpaired) electrons. The van der Waals surface area contributed by atoms with E-state index in [1.54, 1.807) is 0 Å². The largest absolute Gasteiger partial charge is 0.512 e. The van der Waals surface area contributed by atoms with Crippen molar-refractivity contribution in [2.75, 3.05) is 0 Å². The van der Waals surface area contributed by atoms with Crippen LogP contribution in [0.1, 0.15) is 161 Å². The predicted octanol–water partition coefficient (Wildman–Crippen LogP) is 22.8. The van der Waals surface area contributed by atoms with Gasteiger partial charge in [-0.15, -0.1) is 46.8 Å². The van der Waals surface area contributed by atoms with E-state index in [-0.39, 0.29) is 71.3 Å². The van der Waals surface area contributed by atoms with E-state index >= 15 is 0 Å². The van der Waals surface area contributed by atoms with E-state index < -0.39 is 0 Å². The number of benzene rings is 8. The number of ketones is 1. The smallest absolute Gasteiger partial charge is 0.162 e. The fraction of sp³-hybridized carbons (Fsp3) is 0.380. The van der Waals surface area contributed by atoms with Crippen molar-refractivity contribution in [3.63, 3.8) is 0 Å². The molecular weight excluding hydrogens is 1250 g/mol. The summed E-state index contributed by atoms with van der Waals surface area (Å²) in [5.74, 6) is 2.21. The number of pyridine rings is 2. The Morgan fingerprint density at radius 2 is 1.00 bits per heavy atom. The van der Waals surface area contributed by atoms with E-state index in [4.69, 9.17) is 17.4 Å². The first kappa shape index (κ1) is 61.3. The van der Waals surface area contributed by atoms with Crippen molar-refractivity contribution >= 4 is 82.2 Å². The summed E-state index contributed by atoms with van der Waals surface area (Å²) in [5.41, 5.74) is 9.42. The zero-order valence-electron chi connectivity index (χ0n) is 55.7. The Balaban J connectivity index is 0.000000170. The minimum atomic E-state index is 0. The van der Waals surface area contributed by atoms with Gasteiger partial charge >= 0.3 is 0 Å². The number of allylic oxidation sites excluding steroid dienone is 2. The molecule has 12 rings (SSSR count). The molecule has 2 aliphatic rings. The molecular formula is C79H88IrN2O3S-2. The molecule has 0 atom stereocenters. The fourth-order valence-corrected chi connectivity index (χ4v) is 14.0. The molecule has 10 aromatic rings. The third-order valence-electron chi connectivity index (χ3n) is 16.7. The van der Waals surface area contributed by atoms with Crippen LogP contribution in [0.3, 0.4) is 0 Å². The van der Waals surface area contributed by atoms with Crippen molar-refractivity contribution in [1.82, 2.24) is 9.97 Å². The van der Waals surface area contributed by atoms with Crippen LogP contribution in [0.2, 0.25) is 0 Å². The van der Waals surface area contributed by atoms with Gasteiger partial charge < -0.3 is 9.84 Å². The van der Waals surface area contributed by atoms with E-state index in [1.807, 2.05) is 51.6 Å². The Morgan fingerprint density at radius 1 is 0.547 bits per heavy atom. The molecule has 0 spiro atoms. The zero-order chi connectivity index (χ0) is 62.7. The molecule has 2 aromatic heterocycles. The van der Waals surface area contributed by atoms with E-state index in [1.165, 1.54) is 65.1 Å². The monoisotopic (exact) mass is 1340 g/mol. The molecule has 0 fully saturated rings. The summed E-state index contributed by atoms with van der Waals surface area (Å²) in [6.45, 7) is 35.5. The number of fused-ring (bicyclic) bond motifs is 10. The van der Waals surface area contributed by atoms with Crippen molar-refractivity contribution in [2.45, 2.75) is 172 Å².